The zero-order chi connectivity index (χ0) is 13.0. The van der Waals surface area contributed by atoms with Gasteiger partial charge in [0.05, 0.1) is 12.5 Å². The monoisotopic (exact) mass is 237 g/mol. The van der Waals surface area contributed by atoms with Gasteiger partial charge in [0, 0.05) is 5.56 Å². The van der Waals surface area contributed by atoms with Crippen LogP contribution in [-0.4, -0.2) is 0 Å². The van der Waals surface area contributed by atoms with Crippen LogP contribution in [0.25, 0.3) is 16.7 Å². The minimum Gasteiger partial charge on any atom is -0.206 e. The van der Waals surface area contributed by atoms with Crippen molar-refractivity contribution in [3.63, 3.8) is 0 Å². The Balaban J connectivity index is 2.59. The van der Waals surface area contributed by atoms with Crippen LogP contribution < -0.4 is 0 Å². The fourth-order valence-corrected chi connectivity index (χ4v) is 1.93. The van der Waals surface area contributed by atoms with Crippen LogP contribution in [0, 0.1) is 17.1 Å². The Bertz CT molecular complexity index is 609. The molecule has 0 atom stereocenters. The average Bonchev–Trinajstić information content (AvgIpc) is 2.39. The van der Waals surface area contributed by atoms with Crippen molar-refractivity contribution >= 4 is 5.57 Å². The van der Waals surface area contributed by atoms with Gasteiger partial charge in [0.15, 0.2) is 0 Å². The molecule has 0 saturated heterocycles. The van der Waals surface area contributed by atoms with Gasteiger partial charge in [0.2, 0.25) is 0 Å². The minimum absolute atomic E-state index is 0.126. The van der Waals surface area contributed by atoms with Crippen molar-refractivity contribution in [2.24, 2.45) is 0 Å². The molecule has 0 amide bonds. The molecule has 0 saturated carbocycles. The molecule has 0 aliphatic rings. The summed E-state index contributed by atoms with van der Waals surface area (Å²) in [4.78, 5) is 0. The molecular formula is C16H12FN. The van der Waals surface area contributed by atoms with Crippen LogP contribution in [0.4, 0.5) is 4.39 Å². The summed E-state index contributed by atoms with van der Waals surface area (Å²) < 4.78 is 13.9. The molecule has 0 aliphatic heterocycles. The third-order valence-corrected chi connectivity index (χ3v) is 2.74. The Morgan fingerprint density at radius 2 is 1.83 bits per heavy atom. The number of benzene rings is 2. The van der Waals surface area contributed by atoms with E-state index < -0.39 is 0 Å². The third kappa shape index (κ3) is 2.31. The van der Waals surface area contributed by atoms with Crippen molar-refractivity contribution < 1.29 is 4.39 Å². The van der Waals surface area contributed by atoms with Gasteiger partial charge in [-0.05, 0) is 22.8 Å². The van der Waals surface area contributed by atoms with Gasteiger partial charge < -0.3 is 0 Å². The lowest BCUT2D eigenvalue weighted by molar-refractivity contribution is 0.624. The Kier molecular flexibility index (Phi) is 3.54. The first kappa shape index (κ1) is 12.1. The maximum atomic E-state index is 13.9. The third-order valence-electron chi connectivity index (χ3n) is 2.74. The molecule has 2 rings (SSSR count). The summed E-state index contributed by atoms with van der Waals surface area (Å²) >= 11 is 0. The Morgan fingerprint density at radius 1 is 1.11 bits per heavy atom. The number of nitriles is 1. The smallest absolute Gasteiger partial charge is 0.131 e. The molecule has 0 radical (unpaired) electrons. The molecule has 1 nitrogen and oxygen atoms in total. The molecule has 0 bridgehead atoms. The summed E-state index contributed by atoms with van der Waals surface area (Å²) in [5.74, 6) is -0.336. The molecule has 2 aromatic carbocycles. The van der Waals surface area contributed by atoms with Crippen molar-refractivity contribution in [2.75, 3.05) is 0 Å². The van der Waals surface area contributed by atoms with Crippen molar-refractivity contribution in [3.8, 4) is 17.2 Å². The number of rotatable bonds is 3. The predicted octanol–water partition coefficient (Wildman–Crippen LogP) is 4.42. The number of hydrogen-bond donors (Lipinski definition) is 0. The topological polar surface area (TPSA) is 23.8 Å². The average molecular weight is 237 g/mol. The first-order chi connectivity index (χ1) is 8.74. The molecule has 0 N–H and O–H groups in total. The van der Waals surface area contributed by atoms with Crippen molar-refractivity contribution in [1.82, 2.24) is 0 Å². The molecular weight excluding hydrogens is 225 g/mol. The van der Waals surface area contributed by atoms with Crippen molar-refractivity contribution in [3.05, 3.63) is 66.5 Å². The second-order valence-electron chi connectivity index (χ2n) is 3.97. The lowest BCUT2D eigenvalue weighted by Crippen LogP contribution is -1.93. The predicted molar refractivity (Wildman–Crippen MR) is 71.1 cm³/mol. The van der Waals surface area contributed by atoms with Crippen LogP contribution in [0.2, 0.25) is 0 Å². The first-order valence-electron chi connectivity index (χ1n) is 5.63. The highest BCUT2D eigenvalue weighted by Crippen LogP contribution is 2.31. The molecule has 2 heteroatoms. The van der Waals surface area contributed by atoms with Crippen LogP contribution in [0.15, 0.2) is 55.1 Å². The van der Waals surface area contributed by atoms with Gasteiger partial charge in [-0.25, -0.2) is 4.39 Å². The molecule has 0 aliphatic carbocycles. The van der Waals surface area contributed by atoms with Crippen LogP contribution in [0.3, 0.4) is 0 Å². The van der Waals surface area contributed by atoms with Gasteiger partial charge in [0.1, 0.15) is 5.82 Å². The van der Waals surface area contributed by atoms with E-state index in [1.807, 2.05) is 42.5 Å². The second kappa shape index (κ2) is 5.29. The van der Waals surface area contributed by atoms with Gasteiger partial charge >= 0.3 is 0 Å². The molecule has 88 valence electrons. The van der Waals surface area contributed by atoms with Gasteiger partial charge in [-0.3, -0.25) is 0 Å². The summed E-state index contributed by atoms with van der Waals surface area (Å²) in [6.45, 7) is 3.80. The lowest BCUT2D eigenvalue weighted by atomic mass is 9.93. The van der Waals surface area contributed by atoms with Gasteiger partial charge in [-0.2, -0.15) is 5.26 Å². The Hall–Kier alpha value is -2.40. The van der Waals surface area contributed by atoms with E-state index in [2.05, 4.69) is 6.58 Å². The van der Waals surface area contributed by atoms with Crippen molar-refractivity contribution in [2.45, 2.75) is 6.42 Å². The lowest BCUT2D eigenvalue weighted by Gasteiger charge is -2.11. The maximum absolute atomic E-state index is 13.9. The fourth-order valence-electron chi connectivity index (χ4n) is 1.93. The minimum atomic E-state index is -0.336. The maximum Gasteiger partial charge on any atom is 0.131 e. The van der Waals surface area contributed by atoms with Crippen LogP contribution in [0.1, 0.15) is 12.0 Å². The molecule has 0 fully saturated rings. The zero-order valence-electron chi connectivity index (χ0n) is 9.86. The van der Waals surface area contributed by atoms with E-state index in [1.165, 1.54) is 6.07 Å². The standard InChI is InChI=1S/C16H12FN/c1-12(10-11-18)16-14(8-5-9-15(16)17)13-6-3-2-4-7-13/h2-9H,1,10H2. The van der Waals surface area contributed by atoms with Gasteiger partial charge in [0.25, 0.3) is 0 Å². The van der Waals surface area contributed by atoms with Crippen LogP contribution in [0.5, 0.6) is 0 Å². The fraction of sp³-hybridized carbons (Fsp3) is 0.0625. The summed E-state index contributed by atoms with van der Waals surface area (Å²) in [6.07, 6.45) is 0.126. The van der Waals surface area contributed by atoms with E-state index in [0.717, 1.165) is 11.1 Å². The summed E-state index contributed by atoms with van der Waals surface area (Å²) in [5.41, 5.74) is 2.64. The van der Waals surface area contributed by atoms with Gasteiger partial charge in [-0.15, -0.1) is 0 Å². The van der Waals surface area contributed by atoms with E-state index in [4.69, 9.17) is 5.26 Å². The SMILES string of the molecule is C=C(CC#N)c1c(F)cccc1-c1ccccc1. The highest BCUT2D eigenvalue weighted by Gasteiger charge is 2.12. The summed E-state index contributed by atoms with van der Waals surface area (Å²) in [6, 6.07) is 16.4. The molecule has 2 aromatic rings. The van der Waals surface area contributed by atoms with E-state index >= 15 is 0 Å². The summed E-state index contributed by atoms with van der Waals surface area (Å²) in [5, 5.41) is 8.72. The molecule has 0 heterocycles. The largest absolute Gasteiger partial charge is 0.206 e. The van der Waals surface area contributed by atoms with Gasteiger partial charge in [-0.1, -0.05) is 49.0 Å². The summed E-state index contributed by atoms with van der Waals surface area (Å²) in [7, 11) is 0. The molecule has 0 unspecified atom stereocenters. The van der Waals surface area contributed by atoms with E-state index in [1.54, 1.807) is 6.07 Å². The van der Waals surface area contributed by atoms with Crippen molar-refractivity contribution in [1.29, 1.82) is 5.26 Å². The van der Waals surface area contributed by atoms with E-state index in [0.29, 0.717) is 11.1 Å². The Morgan fingerprint density at radius 3 is 2.50 bits per heavy atom. The van der Waals surface area contributed by atoms with Crippen LogP contribution in [-0.2, 0) is 0 Å². The molecule has 0 spiro atoms. The highest BCUT2D eigenvalue weighted by molar-refractivity contribution is 5.81. The van der Waals surface area contributed by atoms with Crippen LogP contribution >= 0.6 is 0 Å². The number of hydrogen-bond acceptors (Lipinski definition) is 1. The molecule has 18 heavy (non-hydrogen) atoms. The normalized spacial score (nSPS) is 9.78. The second-order valence-corrected chi connectivity index (χ2v) is 3.97. The highest BCUT2D eigenvalue weighted by atomic mass is 19.1. The molecule has 0 aromatic heterocycles. The van der Waals surface area contributed by atoms with E-state index in [-0.39, 0.29) is 12.2 Å². The zero-order valence-corrected chi connectivity index (χ0v) is 9.86. The number of nitrogens with zero attached hydrogens (tertiary/aromatic N) is 1. The number of halogens is 1. The number of allylic oxidation sites excluding steroid dienone is 1. The Labute approximate surface area is 106 Å². The quantitative estimate of drug-likeness (QED) is 0.775. The first-order valence-corrected chi connectivity index (χ1v) is 5.63. The van der Waals surface area contributed by atoms with E-state index in [9.17, 15) is 4.39 Å².